The van der Waals surface area contributed by atoms with Gasteiger partial charge in [-0.3, -0.25) is 4.90 Å². The summed E-state index contributed by atoms with van der Waals surface area (Å²) in [6.07, 6.45) is 2.32. The van der Waals surface area contributed by atoms with Crippen LogP contribution in [0.5, 0.6) is 5.75 Å². The second kappa shape index (κ2) is 12.2. The standard InChI is InChI=1S/C22H31FN4O3/c1-18(30-21-6-4-19(23)5-7-21)17-26-22(24-9-8-20-3-2-14-29-20)25-10-11-27-12-15-28-16-13-27/h2-7,14,18H,8-13,15-17H2,1H3,(H2,24,25,26). The number of hydrogen-bond acceptors (Lipinski definition) is 5. The molecule has 1 aromatic carbocycles. The molecule has 1 atom stereocenters. The first-order valence-electron chi connectivity index (χ1n) is 10.5. The molecule has 1 aliphatic rings. The lowest BCUT2D eigenvalue weighted by atomic mass is 10.3. The van der Waals surface area contributed by atoms with Gasteiger partial charge in [-0.05, 0) is 43.3 Å². The fourth-order valence-corrected chi connectivity index (χ4v) is 3.09. The Hall–Kier alpha value is -2.58. The van der Waals surface area contributed by atoms with Crippen LogP contribution in [0.4, 0.5) is 4.39 Å². The minimum Gasteiger partial charge on any atom is -0.489 e. The number of hydrogen-bond donors (Lipinski definition) is 2. The number of rotatable bonds is 10. The highest BCUT2D eigenvalue weighted by Gasteiger charge is 2.10. The molecule has 0 bridgehead atoms. The SMILES string of the molecule is CC(CN=C(NCCc1ccco1)NCCN1CCOCC1)Oc1ccc(F)cc1. The maximum Gasteiger partial charge on any atom is 0.191 e. The molecule has 2 N–H and O–H groups in total. The number of guanidine groups is 1. The van der Waals surface area contributed by atoms with Gasteiger partial charge < -0.3 is 24.5 Å². The van der Waals surface area contributed by atoms with Gasteiger partial charge >= 0.3 is 0 Å². The Kier molecular flexibility index (Phi) is 8.99. The van der Waals surface area contributed by atoms with E-state index >= 15 is 0 Å². The Balaban J connectivity index is 1.47. The molecular formula is C22H31FN4O3. The van der Waals surface area contributed by atoms with Crippen LogP contribution in [-0.2, 0) is 11.2 Å². The maximum atomic E-state index is 13.0. The molecule has 2 aromatic rings. The summed E-state index contributed by atoms with van der Waals surface area (Å²) >= 11 is 0. The summed E-state index contributed by atoms with van der Waals surface area (Å²) in [5.41, 5.74) is 0. The zero-order valence-electron chi connectivity index (χ0n) is 17.5. The van der Waals surface area contributed by atoms with Gasteiger partial charge in [0.1, 0.15) is 23.4 Å². The molecule has 164 valence electrons. The van der Waals surface area contributed by atoms with Crippen molar-refractivity contribution in [2.24, 2.45) is 4.99 Å². The van der Waals surface area contributed by atoms with Crippen LogP contribution >= 0.6 is 0 Å². The molecule has 7 nitrogen and oxygen atoms in total. The fourth-order valence-electron chi connectivity index (χ4n) is 3.09. The van der Waals surface area contributed by atoms with Crippen molar-refractivity contribution in [3.8, 4) is 5.75 Å². The lowest BCUT2D eigenvalue weighted by Crippen LogP contribution is -2.45. The molecule has 3 rings (SSSR count). The molecule has 0 spiro atoms. The number of benzene rings is 1. The number of nitrogens with zero attached hydrogens (tertiary/aromatic N) is 2. The molecule has 0 saturated carbocycles. The van der Waals surface area contributed by atoms with Crippen molar-refractivity contribution in [3.63, 3.8) is 0 Å². The predicted octanol–water partition coefficient (Wildman–Crippen LogP) is 2.30. The summed E-state index contributed by atoms with van der Waals surface area (Å²) in [6.45, 7) is 8.37. The molecular weight excluding hydrogens is 387 g/mol. The van der Waals surface area contributed by atoms with Gasteiger partial charge in [0.2, 0.25) is 0 Å². The van der Waals surface area contributed by atoms with E-state index in [1.165, 1.54) is 12.1 Å². The third-order valence-electron chi connectivity index (χ3n) is 4.73. The minimum atomic E-state index is -0.277. The molecule has 0 aliphatic carbocycles. The molecule has 1 fully saturated rings. The van der Waals surface area contributed by atoms with Gasteiger partial charge in [0, 0.05) is 39.1 Å². The van der Waals surface area contributed by atoms with Gasteiger partial charge in [-0.2, -0.15) is 0 Å². The summed E-state index contributed by atoms with van der Waals surface area (Å²) < 4.78 is 29.6. The van der Waals surface area contributed by atoms with Crippen LogP contribution < -0.4 is 15.4 Å². The predicted molar refractivity (Wildman–Crippen MR) is 114 cm³/mol. The average molecular weight is 419 g/mol. The molecule has 30 heavy (non-hydrogen) atoms. The van der Waals surface area contributed by atoms with E-state index in [-0.39, 0.29) is 11.9 Å². The van der Waals surface area contributed by atoms with Crippen molar-refractivity contribution in [2.45, 2.75) is 19.4 Å². The molecule has 1 unspecified atom stereocenters. The second-order valence-corrected chi connectivity index (χ2v) is 7.21. The lowest BCUT2D eigenvalue weighted by molar-refractivity contribution is 0.0389. The molecule has 1 aliphatic heterocycles. The van der Waals surface area contributed by atoms with E-state index in [2.05, 4.69) is 20.5 Å². The topological polar surface area (TPSA) is 71.3 Å². The first-order chi connectivity index (χ1) is 14.7. The Morgan fingerprint density at radius 2 is 1.93 bits per heavy atom. The number of nitrogens with one attached hydrogen (secondary N) is 2. The van der Waals surface area contributed by atoms with Crippen LogP contribution in [0.15, 0.2) is 52.1 Å². The third kappa shape index (κ3) is 8.04. The number of morpholine rings is 1. The zero-order chi connectivity index (χ0) is 21.0. The summed E-state index contributed by atoms with van der Waals surface area (Å²) in [5, 5.41) is 6.75. The van der Waals surface area contributed by atoms with Crippen LogP contribution in [0.2, 0.25) is 0 Å². The Morgan fingerprint density at radius 1 is 1.17 bits per heavy atom. The summed E-state index contributed by atoms with van der Waals surface area (Å²) in [6, 6.07) is 9.87. The highest BCUT2D eigenvalue weighted by atomic mass is 19.1. The smallest absolute Gasteiger partial charge is 0.191 e. The zero-order valence-corrected chi connectivity index (χ0v) is 17.5. The third-order valence-corrected chi connectivity index (χ3v) is 4.73. The van der Waals surface area contributed by atoms with Gasteiger partial charge in [0.25, 0.3) is 0 Å². The van der Waals surface area contributed by atoms with Crippen LogP contribution in [-0.4, -0.2) is 69.4 Å². The average Bonchev–Trinajstić information content (AvgIpc) is 3.27. The number of furan rings is 1. The summed E-state index contributed by atoms with van der Waals surface area (Å²) in [7, 11) is 0. The second-order valence-electron chi connectivity index (χ2n) is 7.21. The molecule has 1 aromatic heterocycles. The fraction of sp³-hybridized carbons (Fsp3) is 0.500. The van der Waals surface area contributed by atoms with Crippen LogP contribution in [0.3, 0.4) is 0 Å². The Morgan fingerprint density at radius 3 is 2.67 bits per heavy atom. The van der Waals surface area contributed by atoms with Crippen molar-refractivity contribution in [2.75, 3.05) is 52.5 Å². The van der Waals surface area contributed by atoms with Crippen LogP contribution in [0, 0.1) is 5.82 Å². The largest absolute Gasteiger partial charge is 0.489 e. The molecule has 0 radical (unpaired) electrons. The molecule has 0 amide bonds. The number of aliphatic imine (C=N–C) groups is 1. The van der Waals surface area contributed by atoms with Crippen LogP contribution in [0.25, 0.3) is 0 Å². The minimum absolute atomic E-state index is 0.140. The van der Waals surface area contributed by atoms with Gasteiger partial charge in [-0.1, -0.05) is 0 Å². The molecule has 8 heteroatoms. The highest BCUT2D eigenvalue weighted by Crippen LogP contribution is 2.13. The monoisotopic (exact) mass is 418 g/mol. The van der Waals surface area contributed by atoms with Crippen molar-refractivity contribution >= 4 is 5.96 Å². The van der Waals surface area contributed by atoms with E-state index in [9.17, 15) is 4.39 Å². The Bertz CT molecular complexity index is 746. The molecule has 1 saturated heterocycles. The van der Waals surface area contributed by atoms with Gasteiger partial charge in [0.05, 0.1) is 26.0 Å². The van der Waals surface area contributed by atoms with Gasteiger partial charge in [-0.25, -0.2) is 9.38 Å². The first kappa shape index (κ1) is 22.1. The highest BCUT2D eigenvalue weighted by molar-refractivity contribution is 5.79. The first-order valence-corrected chi connectivity index (χ1v) is 10.5. The lowest BCUT2D eigenvalue weighted by Gasteiger charge is -2.26. The normalized spacial score (nSPS) is 16.3. The van der Waals surface area contributed by atoms with E-state index in [1.807, 2.05) is 19.1 Å². The van der Waals surface area contributed by atoms with Gasteiger partial charge in [-0.15, -0.1) is 0 Å². The number of ether oxygens (including phenoxy) is 2. The summed E-state index contributed by atoms with van der Waals surface area (Å²) in [4.78, 5) is 7.03. The Labute approximate surface area is 177 Å². The number of halogens is 1. The maximum absolute atomic E-state index is 13.0. The van der Waals surface area contributed by atoms with Crippen molar-refractivity contribution in [1.29, 1.82) is 0 Å². The van der Waals surface area contributed by atoms with E-state index in [0.29, 0.717) is 18.8 Å². The van der Waals surface area contributed by atoms with Gasteiger partial charge in [0.15, 0.2) is 5.96 Å². The summed E-state index contributed by atoms with van der Waals surface area (Å²) in [5.74, 6) is 2.03. The molecule has 2 heterocycles. The van der Waals surface area contributed by atoms with E-state index in [4.69, 9.17) is 13.9 Å². The van der Waals surface area contributed by atoms with E-state index < -0.39 is 0 Å². The van der Waals surface area contributed by atoms with E-state index in [1.54, 1.807) is 18.4 Å². The van der Waals surface area contributed by atoms with Crippen LogP contribution in [0.1, 0.15) is 12.7 Å². The van der Waals surface area contributed by atoms with Crippen molar-refractivity contribution < 1.29 is 18.3 Å². The van der Waals surface area contributed by atoms with Crippen molar-refractivity contribution in [1.82, 2.24) is 15.5 Å². The quantitative estimate of drug-likeness (QED) is 0.456. The van der Waals surface area contributed by atoms with Crippen molar-refractivity contribution in [3.05, 3.63) is 54.2 Å². The van der Waals surface area contributed by atoms with E-state index in [0.717, 1.165) is 57.5 Å².